The molecule has 0 spiro atoms. The number of aromatic nitrogens is 2. The number of ether oxygens (including phenoxy) is 1. The molecule has 2 aromatic rings. The van der Waals surface area contributed by atoms with Crippen LogP contribution in [0, 0.1) is 0 Å². The number of nitrogens with two attached hydrogens (primary N) is 1. The molecule has 3 heterocycles. The number of thiophene rings is 1. The lowest BCUT2D eigenvalue weighted by Crippen LogP contribution is -2.40. The molecule has 1 aliphatic rings. The predicted octanol–water partition coefficient (Wildman–Crippen LogP) is -1.47. The van der Waals surface area contributed by atoms with E-state index in [1.807, 2.05) is 0 Å². The first-order chi connectivity index (χ1) is 9.49. The molecule has 20 heavy (non-hydrogen) atoms. The van der Waals surface area contributed by atoms with Crippen LogP contribution in [0.1, 0.15) is 4.88 Å². The van der Waals surface area contributed by atoms with E-state index in [0.717, 1.165) is 11.3 Å². The summed E-state index contributed by atoms with van der Waals surface area (Å²) in [6.45, 7) is -0.527. The van der Waals surface area contributed by atoms with E-state index in [-0.39, 0.29) is 10.7 Å². The van der Waals surface area contributed by atoms with E-state index in [4.69, 9.17) is 15.6 Å². The third-order valence-electron chi connectivity index (χ3n) is 3.37. The van der Waals surface area contributed by atoms with Gasteiger partial charge in [-0.1, -0.05) is 0 Å². The Bertz CT molecular complexity index is 650. The molecular formula is C11H13N3O5S. The summed E-state index contributed by atoms with van der Waals surface area (Å²) in [4.78, 5) is 8.07. The fraction of sp³-hybridized carbons (Fsp3) is 0.455. The van der Waals surface area contributed by atoms with Gasteiger partial charge in [-0.25, -0.2) is 9.97 Å². The maximum Gasteiger partial charge on any atom is 0.234 e. The molecule has 0 unspecified atom stereocenters. The summed E-state index contributed by atoms with van der Waals surface area (Å²) in [6, 6.07) is 0. The van der Waals surface area contributed by atoms with Gasteiger partial charge in [0.2, 0.25) is 5.79 Å². The van der Waals surface area contributed by atoms with Crippen LogP contribution in [0.5, 0.6) is 0 Å². The van der Waals surface area contributed by atoms with Crippen LogP contribution in [0.25, 0.3) is 10.9 Å². The van der Waals surface area contributed by atoms with Crippen molar-refractivity contribution in [1.82, 2.24) is 9.97 Å². The van der Waals surface area contributed by atoms with Crippen molar-refractivity contribution in [3.05, 3.63) is 16.6 Å². The number of nitrogens with zero attached hydrogens (tertiary/aromatic N) is 2. The third-order valence-corrected chi connectivity index (χ3v) is 4.44. The Labute approximate surface area is 117 Å². The Morgan fingerprint density at radius 3 is 2.80 bits per heavy atom. The van der Waals surface area contributed by atoms with Gasteiger partial charge in [-0.05, 0) is 0 Å². The topological polar surface area (TPSA) is 142 Å². The second-order valence-electron chi connectivity index (χ2n) is 4.56. The average molecular weight is 299 g/mol. The average Bonchev–Trinajstić information content (AvgIpc) is 2.96. The quantitative estimate of drug-likeness (QED) is 0.452. The SMILES string of the molecule is Nc1ncnc2c([C@]3(O)O[C@H](CO)[C@@H](O)[C@H]3O)scc12. The smallest absolute Gasteiger partial charge is 0.234 e. The zero-order chi connectivity index (χ0) is 14.5. The molecule has 0 bridgehead atoms. The van der Waals surface area contributed by atoms with Gasteiger partial charge in [0, 0.05) is 5.38 Å². The van der Waals surface area contributed by atoms with E-state index in [1.54, 1.807) is 5.38 Å². The molecule has 3 rings (SSSR count). The molecule has 0 aromatic carbocycles. The maximum absolute atomic E-state index is 10.5. The maximum atomic E-state index is 10.5. The Kier molecular flexibility index (Phi) is 3.12. The number of hydrogen-bond donors (Lipinski definition) is 5. The van der Waals surface area contributed by atoms with Gasteiger partial charge in [0.15, 0.2) is 0 Å². The van der Waals surface area contributed by atoms with E-state index in [1.165, 1.54) is 6.33 Å². The van der Waals surface area contributed by atoms with Crippen LogP contribution in [0.15, 0.2) is 11.7 Å². The van der Waals surface area contributed by atoms with Crippen molar-refractivity contribution in [2.24, 2.45) is 0 Å². The molecule has 0 radical (unpaired) electrons. The van der Waals surface area contributed by atoms with Crippen LogP contribution in [0.2, 0.25) is 0 Å². The van der Waals surface area contributed by atoms with E-state index in [9.17, 15) is 15.3 Å². The summed E-state index contributed by atoms with van der Waals surface area (Å²) in [7, 11) is 0. The largest absolute Gasteiger partial charge is 0.394 e. The fourth-order valence-corrected chi connectivity index (χ4v) is 3.35. The number of aliphatic hydroxyl groups excluding tert-OH is 3. The highest BCUT2D eigenvalue weighted by Crippen LogP contribution is 2.43. The number of anilines is 1. The van der Waals surface area contributed by atoms with E-state index < -0.39 is 30.7 Å². The first kappa shape index (κ1) is 13.6. The van der Waals surface area contributed by atoms with Crippen LogP contribution >= 0.6 is 11.3 Å². The van der Waals surface area contributed by atoms with Gasteiger partial charge in [0.05, 0.1) is 22.4 Å². The summed E-state index contributed by atoms with van der Waals surface area (Å²) in [5.41, 5.74) is 6.05. The molecule has 1 saturated heterocycles. The number of nitrogen functional groups attached to an aromatic ring is 1. The van der Waals surface area contributed by atoms with Crippen LogP contribution < -0.4 is 5.73 Å². The monoisotopic (exact) mass is 299 g/mol. The molecule has 0 saturated carbocycles. The van der Waals surface area contributed by atoms with Crippen molar-refractivity contribution in [3.63, 3.8) is 0 Å². The molecule has 2 aromatic heterocycles. The van der Waals surface area contributed by atoms with Crippen LogP contribution in [0.4, 0.5) is 5.82 Å². The Hall–Kier alpha value is -1.36. The van der Waals surface area contributed by atoms with Crippen LogP contribution in [-0.4, -0.2) is 55.3 Å². The molecule has 1 aliphatic heterocycles. The normalized spacial score (nSPS) is 33.9. The van der Waals surface area contributed by atoms with Crippen LogP contribution in [0.3, 0.4) is 0 Å². The fourth-order valence-electron chi connectivity index (χ4n) is 2.27. The predicted molar refractivity (Wildman–Crippen MR) is 69.7 cm³/mol. The summed E-state index contributed by atoms with van der Waals surface area (Å²) in [6.07, 6.45) is -2.84. The standard InChI is InChI=1S/C11H13N3O5S/c12-10-4-2-20-9(6(4)13-3-14-10)11(18)8(17)7(16)5(1-15)19-11/h2-3,5,7-8,15-18H,1H2,(H2,12,13,14)/t5-,7-,8-,11-/m1/s1. The minimum absolute atomic E-state index is 0.212. The summed E-state index contributed by atoms with van der Waals surface area (Å²) < 4.78 is 5.23. The van der Waals surface area contributed by atoms with Gasteiger partial charge in [-0.3, -0.25) is 0 Å². The highest BCUT2D eigenvalue weighted by Gasteiger charge is 2.55. The highest BCUT2D eigenvalue weighted by molar-refractivity contribution is 7.11. The molecule has 9 heteroatoms. The Balaban J connectivity index is 2.13. The molecule has 108 valence electrons. The number of rotatable bonds is 2. The van der Waals surface area contributed by atoms with Crippen molar-refractivity contribution in [1.29, 1.82) is 0 Å². The second kappa shape index (κ2) is 4.58. The molecule has 0 amide bonds. The first-order valence-corrected chi connectivity index (χ1v) is 6.72. The zero-order valence-electron chi connectivity index (χ0n) is 10.2. The summed E-state index contributed by atoms with van der Waals surface area (Å²) in [5.74, 6) is -1.90. The third kappa shape index (κ3) is 1.72. The number of aliphatic hydroxyl groups is 4. The number of hydrogen-bond acceptors (Lipinski definition) is 9. The minimum Gasteiger partial charge on any atom is -0.394 e. The Morgan fingerprint density at radius 1 is 1.40 bits per heavy atom. The molecule has 0 aliphatic carbocycles. The first-order valence-electron chi connectivity index (χ1n) is 5.84. The van der Waals surface area contributed by atoms with Crippen molar-refractivity contribution in [2.75, 3.05) is 12.3 Å². The molecule has 6 N–H and O–H groups in total. The zero-order valence-corrected chi connectivity index (χ0v) is 11.0. The molecule has 1 fully saturated rings. The molecular weight excluding hydrogens is 286 g/mol. The highest BCUT2D eigenvalue weighted by atomic mass is 32.1. The Morgan fingerprint density at radius 2 is 2.15 bits per heavy atom. The van der Waals surface area contributed by atoms with Crippen molar-refractivity contribution >= 4 is 28.1 Å². The molecule has 4 atom stereocenters. The summed E-state index contributed by atoms with van der Waals surface area (Å²) >= 11 is 1.08. The minimum atomic E-state index is -2.14. The van der Waals surface area contributed by atoms with Crippen molar-refractivity contribution in [2.45, 2.75) is 24.1 Å². The van der Waals surface area contributed by atoms with E-state index >= 15 is 0 Å². The van der Waals surface area contributed by atoms with Gasteiger partial charge in [0.25, 0.3) is 0 Å². The number of fused-ring (bicyclic) bond motifs is 1. The van der Waals surface area contributed by atoms with Gasteiger partial charge >= 0.3 is 0 Å². The van der Waals surface area contributed by atoms with Crippen LogP contribution in [-0.2, 0) is 10.5 Å². The lowest BCUT2D eigenvalue weighted by atomic mass is 10.0. The van der Waals surface area contributed by atoms with E-state index in [2.05, 4.69) is 9.97 Å². The summed E-state index contributed by atoms with van der Waals surface area (Å²) in [5, 5.41) is 41.6. The van der Waals surface area contributed by atoms with Gasteiger partial charge in [-0.2, -0.15) is 0 Å². The van der Waals surface area contributed by atoms with Gasteiger partial charge in [-0.15, -0.1) is 11.3 Å². The van der Waals surface area contributed by atoms with Gasteiger partial charge < -0.3 is 30.9 Å². The van der Waals surface area contributed by atoms with Crippen molar-refractivity contribution < 1.29 is 25.2 Å². The van der Waals surface area contributed by atoms with Gasteiger partial charge in [0.1, 0.15) is 30.5 Å². The lowest BCUT2D eigenvalue weighted by molar-refractivity contribution is -0.236. The van der Waals surface area contributed by atoms with Crippen molar-refractivity contribution in [3.8, 4) is 0 Å². The molecule has 8 nitrogen and oxygen atoms in total. The lowest BCUT2D eigenvalue weighted by Gasteiger charge is -2.24. The second-order valence-corrected chi connectivity index (χ2v) is 5.44. The van der Waals surface area contributed by atoms with E-state index in [0.29, 0.717) is 10.9 Å².